The molecule has 0 aromatic heterocycles. The summed E-state index contributed by atoms with van der Waals surface area (Å²) in [7, 11) is 0. The van der Waals surface area contributed by atoms with Crippen molar-refractivity contribution in [1.29, 1.82) is 0 Å². The summed E-state index contributed by atoms with van der Waals surface area (Å²) in [6, 6.07) is 3.52. The van der Waals surface area contributed by atoms with Gasteiger partial charge in [-0.1, -0.05) is 6.92 Å². The van der Waals surface area contributed by atoms with Gasteiger partial charge in [0.1, 0.15) is 5.75 Å². The molecule has 1 aromatic carbocycles. The van der Waals surface area contributed by atoms with Crippen LogP contribution in [0.5, 0.6) is 5.75 Å². The van der Waals surface area contributed by atoms with E-state index in [2.05, 4.69) is 10.6 Å². The number of carbonyl (C=O) groups excluding carboxylic acids is 1. The highest BCUT2D eigenvalue weighted by atomic mass is 16.5. The van der Waals surface area contributed by atoms with E-state index in [0.29, 0.717) is 13.2 Å². The molecular weight excluding hydrogens is 256 g/mol. The van der Waals surface area contributed by atoms with Crippen LogP contribution in [-0.2, 0) is 9.53 Å². The normalized spacial score (nSPS) is 21.9. The topological polar surface area (TPSA) is 70.6 Å². The second-order valence-corrected chi connectivity index (χ2v) is 5.25. The molecule has 1 fully saturated rings. The Morgan fingerprint density at radius 3 is 2.80 bits per heavy atom. The Morgan fingerprint density at radius 1 is 1.35 bits per heavy atom. The summed E-state index contributed by atoms with van der Waals surface area (Å²) in [4.78, 5) is 12.4. The highest BCUT2D eigenvalue weighted by molar-refractivity contribution is 5.94. The number of carbonyl (C=O) groups is 1. The van der Waals surface area contributed by atoms with Gasteiger partial charge in [0, 0.05) is 11.7 Å². The van der Waals surface area contributed by atoms with Crippen molar-refractivity contribution in [3.63, 3.8) is 0 Å². The van der Waals surface area contributed by atoms with Crippen molar-refractivity contribution < 1.29 is 14.6 Å². The van der Waals surface area contributed by atoms with Crippen LogP contribution in [0.15, 0.2) is 12.1 Å². The molecule has 2 atom stereocenters. The maximum absolute atomic E-state index is 12.4. The third kappa shape index (κ3) is 3.11. The third-order valence-corrected chi connectivity index (χ3v) is 3.68. The van der Waals surface area contributed by atoms with Gasteiger partial charge < -0.3 is 20.5 Å². The van der Waals surface area contributed by atoms with Gasteiger partial charge in [0.15, 0.2) is 0 Å². The lowest BCUT2D eigenvalue weighted by molar-refractivity contribution is -0.120. The molecule has 1 amide bonds. The molecule has 2 rings (SSSR count). The molecule has 2 unspecified atom stereocenters. The quantitative estimate of drug-likeness (QED) is 0.731. The van der Waals surface area contributed by atoms with E-state index in [4.69, 9.17) is 4.74 Å². The predicted octanol–water partition coefficient (Wildman–Crippen LogP) is 1.57. The lowest BCUT2D eigenvalue weighted by Gasteiger charge is -2.19. The van der Waals surface area contributed by atoms with E-state index in [1.165, 1.54) is 0 Å². The zero-order chi connectivity index (χ0) is 14.7. The summed E-state index contributed by atoms with van der Waals surface area (Å²) in [5.74, 6) is 0.0281. The molecule has 1 aromatic rings. The molecule has 0 saturated carbocycles. The van der Waals surface area contributed by atoms with Crippen molar-refractivity contribution in [2.45, 2.75) is 26.8 Å². The van der Waals surface area contributed by atoms with Crippen LogP contribution in [0.25, 0.3) is 0 Å². The Hall–Kier alpha value is -1.59. The van der Waals surface area contributed by atoms with Crippen LogP contribution in [0, 0.1) is 19.8 Å². The molecule has 1 aliphatic rings. The molecular formula is C15H22N2O3. The van der Waals surface area contributed by atoms with Gasteiger partial charge in [-0.05, 0) is 43.7 Å². The minimum absolute atomic E-state index is 0.0401. The lowest BCUT2D eigenvalue weighted by Crippen LogP contribution is -2.41. The first-order valence-corrected chi connectivity index (χ1v) is 6.95. The molecule has 20 heavy (non-hydrogen) atoms. The fraction of sp³-hybridized carbons (Fsp3) is 0.533. The number of anilines is 1. The second-order valence-electron chi connectivity index (χ2n) is 5.25. The Labute approximate surface area is 119 Å². The Morgan fingerprint density at radius 2 is 2.10 bits per heavy atom. The van der Waals surface area contributed by atoms with Crippen molar-refractivity contribution in [3.8, 4) is 5.75 Å². The lowest BCUT2D eigenvalue weighted by atomic mass is 10.0. The molecule has 5 heteroatoms. The maximum atomic E-state index is 12.4. The van der Waals surface area contributed by atoms with E-state index in [1.807, 2.05) is 20.8 Å². The largest absolute Gasteiger partial charge is 0.508 e. The second kappa shape index (κ2) is 6.24. The van der Waals surface area contributed by atoms with E-state index in [-0.39, 0.29) is 23.6 Å². The predicted molar refractivity (Wildman–Crippen MR) is 78.0 cm³/mol. The molecule has 0 spiro atoms. The fourth-order valence-electron chi connectivity index (χ4n) is 2.44. The minimum atomic E-state index is -0.177. The molecule has 1 aliphatic heterocycles. The Bertz CT molecular complexity index is 502. The summed E-state index contributed by atoms with van der Waals surface area (Å²) in [6.45, 7) is 7.52. The highest BCUT2D eigenvalue weighted by Crippen LogP contribution is 2.26. The fourth-order valence-corrected chi connectivity index (χ4v) is 2.44. The van der Waals surface area contributed by atoms with Gasteiger partial charge in [-0.15, -0.1) is 0 Å². The standard InChI is InChI=1S/C15H22N2O3/c1-4-16-13-8-20-7-11(13)15(19)17-12-5-10(3)14(18)6-9(12)2/h5-6,11,13,16,18H,4,7-8H2,1-3H3,(H,17,19). The van der Waals surface area contributed by atoms with Gasteiger partial charge in [0.2, 0.25) is 5.91 Å². The van der Waals surface area contributed by atoms with Crippen molar-refractivity contribution >= 4 is 11.6 Å². The number of rotatable bonds is 4. The summed E-state index contributed by atoms with van der Waals surface area (Å²) in [6.07, 6.45) is 0. The zero-order valence-corrected chi connectivity index (χ0v) is 12.2. The summed E-state index contributed by atoms with van der Waals surface area (Å²) in [5.41, 5.74) is 2.34. The Kier molecular flexibility index (Phi) is 4.62. The number of aryl methyl sites for hydroxylation is 2. The van der Waals surface area contributed by atoms with Gasteiger partial charge in [0.25, 0.3) is 0 Å². The first-order valence-electron chi connectivity index (χ1n) is 6.95. The van der Waals surface area contributed by atoms with Crippen molar-refractivity contribution in [2.24, 2.45) is 5.92 Å². The monoisotopic (exact) mass is 278 g/mol. The van der Waals surface area contributed by atoms with Crippen molar-refractivity contribution in [1.82, 2.24) is 5.32 Å². The smallest absolute Gasteiger partial charge is 0.231 e. The first-order chi connectivity index (χ1) is 9.52. The molecule has 1 saturated heterocycles. The van der Waals surface area contributed by atoms with E-state index in [9.17, 15) is 9.90 Å². The SMILES string of the molecule is CCNC1COCC1C(=O)Nc1cc(C)c(O)cc1C. The Balaban J connectivity index is 2.09. The number of amides is 1. The van der Waals surface area contributed by atoms with Gasteiger partial charge in [-0.3, -0.25) is 4.79 Å². The number of aromatic hydroxyl groups is 1. The molecule has 5 nitrogen and oxygen atoms in total. The van der Waals surface area contributed by atoms with E-state index in [1.54, 1.807) is 12.1 Å². The number of phenolic OH excluding ortho intramolecular Hbond substituents is 1. The number of ether oxygens (including phenoxy) is 1. The number of likely N-dealkylation sites (N-methyl/N-ethyl adjacent to an activating group) is 1. The molecule has 0 bridgehead atoms. The number of hydrogen-bond acceptors (Lipinski definition) is 4. The van der Waals surface area contributed by atoms with Crippen LogP contribution >= 0.6 is 0 Å². The maximum Gasteiger partial charge on any atom is 0.231 e. The summed E-state index contributed by atoms with van der Waals surface area (Å²) in [5, 5.41) is 15.8. The van der Waals surface area contributed by atoms with Crippen molar-refractivity contribution in [2.75, 3.05) is 25.1 Å². The van der Waals surface area contributed by atoms with E-state index in [0.717, 1.165) is 23.4 Å². The van der Waals surface area contributed by atoms with Crippen LogP contribution in [0.3, 0.4) is 0 Å². The van der Waals surface area contributed by atoms with Crippen LogP contribution < -0.4 is 10.6 Å². The molecule has 0 aliphatic carbocycles. The summed E-state index contributed by atoms with van der Waals surface area (Å²) >= 11 is 0. The third-order valence-electron chi connectivity index (χ3n) is 3.68. The van der Waals surface area contributed by atoms with Crippen LogP contribution in [0.2, 0.25) is 0 Å². The first kappa shape index (κ1) is 14.8. The van der Waals surface area contributed by atoms with Gasteiger partial charge in [-0.2, -0.15) is 0 Å². The van der Waals surface area contributed by atoms with E-state index >= 15 is 0 Å². The number of benzene rings is 1. The van der Waals surface area contributed by atoms with Gasteiger partial charge in [-0.25, -0.2) is 0 Å². The highest BCUT2D eigenvalue weighted by Gasteiger charge is 2.33. The zero-order valence-electron chi connectivity index (χ0n) is 12.2. The number of nitrogens with one attached hydrogen (secondary N) is 2. The van der Waals surface area contributed by atoms with Crippen LogP contribution in [-0.4, -0.2) is 36.8 Å². The minimum Gasteiger partial charge on any atom is -0.508 e. The van der Waals surface area contributed by atoms with Crippen molar-refractivity contribution in [3.05, 3.63) is 23.3 Å². The number of phenols is 1. The van der Waals surface area contributed by atoms with Gasteiger partial charge in [0.05, 0.1) is 19.1 Å². The van der Waals surface area contributed by atoms with Gasteiger partial charge >= 0.3 is 0 Å². The molecule has 110 valence electrons. The number of hydrogen-bond donors (Lipinski definition) is 3. The average molecular weight is 278 g/mol. The van der Waals surface area contributed by atoms with E-state index < -0.39 is 0 Å². The summed E-state index contributed by atoms with van der Waals surface area (Å²) < 4.78 is 5.39. The molecule has 0 radical (unpaired) electrons. The average Bonchev–Trinajstić information content (AvgIpc) is 2.84. The van der Waals surface area contributed by atoms with Crippen LogP contribution in [0.4, 0.5) is 5.69 Å². The molecule has 1 heterocycles. The van der Waals surface area contributed by atoms with Crippen LogP contribution in [0.1, 0.15) is 18.1 Å². The molecule has 3 N–H and O–H groups in total.